The van der Waals surface area contributed by atoms with Gasteiger partial charge >= 0.3 is 5.69 Å². The summed E-state index contributed by atoms with van der Waals surface area (Å²) in [5.41, 5.74) is 10.5. The second-order valence-corrected chi connectivity index (χ2v) is 10.7. The molecule has 3 aromatic heterocycles. The van der Waals surface area contributed by atoms with Gasteiger partial charge in [0.05, 0.1) is 15.8 Å². The van der Waals surface area contributed by atoms with Gasteiger partial charge in [0.25, 0.3) is 5.56 Å². The Morgan fingerprint density at radius 2 is 1.78 bits per heavy atom. The van der Waals surface area contributed by atoms with Crippen molar-refractivity contribution in [1.82, 2.24) is 19.1 Å². The molecule has 0 radical (unpaired) electrons. The van der Waals surface area contributed by atoms with Crippen molar-refractivity contribution in [2.75, 3.05) is 11.9 Å². The van der Waals surface area contributed by atoms with Crippen molar-refractivity contribution in [2.24, 2.45) is 19.8 Å². The Labute approximate surface area is 239 Å². The van der Waals surface area contributed by atoms with E-state index in [-0.39, 0.29) is 12.2 Å². The van der Waals surface area contributed by atoms with E-state index >= 15 is 0 Å². The molecule has 0 atom stereocenters. The van der Waals surface area contributed by atoms with Crippen molar-refractivity contribution in [3.8, 4) is 16.9 Å². The molecule has 41 heavy (non-hydrogen) atoms. The van der Waals surface area contributed by atoms with Crippen molar-refractivity contribution >= 4 is 44.6 Å². The number of fused-ring (bicyclic) bond motifs is 2. The Hall–Kier alpha value is -4.80. The number of pyridine rings is 1. The van der Waals surface area contributed by atoms with Gasteiger partial charge in [-0.05, 0) is 40.6 Å². The van der Waals surface area contributed by atoms with Gasteiger partial charge in [0.2, 0.25) is 0 Å². The lowest BCUT2D eigenvalue weighted by Gasteiger charge is -2.25. The van der Waals surface area contributed by atoms with Crippen LogP contribution in [0, 0.1) is 0 Å². The molecule has 0 aliphatic rings. The molecule has 0 fully saturated rings. The predicted octanol–water partition coefficient (Wildman–Crippen LogP) is 4.71. The van der Waals surface area contributed by atoms with Gasteiger partial charge in [-0.2, -0.15) is 0 Å². The maximum absolute atomic E-state index is 13.6. The quantitative estimate of drug-likeness (QED) is 0.299. The van der Waals surface area contributed by atoms with E-state index in [2.05, 4.69) is 29.2 Å². The van der Waals surface area contributed by atoms with E-state index in [4.69, 9.17) is 15.5 Å². The molecule has 0 bridgehead atoms. The normalized spacial score (nSPS) is 11.3. The van der Waals surface area contributed by atoms with Crippen LogP contribution in [0.2, 0.25) is 0 Å². The largest absolute Gasteiger partial charge is 0.488 e. The van der Waals surface area contributed by atoms with Crippen LogP contribution >= 0.6 is 11.3 Å². The summed E-state index contributed by atoms with van der Waals surface area (Å²) in [7, 11) is 5.01. The van der Waals surface area contributed by atoms with Gasteiger partial charge < -0.3 is 15.4 Å². The van der Waals surface area contributed by atoms with E-state index in [1.165, 1.54) is 23.0 Å². The van der Waals surface area contributed by atoms with Crippen LogP contribution < -0.4 is 26.6 Å². The Morgan fingerprint density at radius 1 is 0.976 bits per heavy atom. The minimum Gasteiger partial charge on any atom is -0.488 e. The minimum atomic E-state index is -0.456. The molecule has 0 aliphatic carbocycles. The molecule has 6 aromatic rings. The highest BCUT2D eigenvalue weighted by molar-refractivity contribution is 7.09. The Kier molecular flexibility index (Phi) is 6.86. The van der Waals surface area contributed by atoms with E-state index < -0.39 is 11.2 Å². The third kappa shape index (κ3) is 4.66. The zero-order chi connectivity index (χ0) is 28.7. The summed E-state index contributed by atoms with van der Waals surface area (Å²) in [5, 5.41) is 2.53. The van der Waals surface area contributed by atoms with Crippen LogP contribution in [0.5, 0.6) is 5.75 Å². The fraction of sp³-hybridized carbons (Fsp3) is 0.161. The third-order valence-corrected chi connectivity index (χ3v) is 8.05. The number of ether oxygens (including phenoxy) is 1. The molecule has 3 aromatic carbocycles. The zero-order valence-corrected chi connectivity index (χ0v) is 23.7. The van der Waals surface area contributed by atoms with Crippen molar-refractivity contribution in [2.45, 2.75) is 13.2 Å². The van der Waals surface area contributed by atoms with Crippen molar-refractivity contribution in [1.29, 1.82) is 0 Å². The van der Waals surface area contributed by atoms with Crippen LogP contribution in [0.3, 0.4) is 0 Å². The van der Waals surface area contributed by atoms with Crippen LogP contribution in [0.1, 0.15) is 10.4 Å². The van der Waals surface area contributed by atoms with Crippen LogP contribution in [0.25, 0.3) is 32.9 Å². The van der Waals surface area contributed by atoms with Gasteiger partial charge in [-0.25, -0.2) is 9.78 Å². The number of hydrogen-bond acceptors (Lipinski definition) is 8. The fourth-order valence-electron chi connectivity index (χ4n) is 5.12. The molecule has 0 aliphatic heterocycles. The summed E-state index contributed by atoms with van der Waals surface area (Å²) in [5.74, 6) is 1.19. The standard InChI is InChI=1S/C31H28N6O3S/c1-35(22-12-11-19-7-4-5-8-20(19)13-22)28-25(15-32)26(27-29(34-28)36(2)31(39)37(3)30(27)38)21-9-6-10-23(14-21)40-17-24-16-33-18-41-24/h4-14,16,18H,15,17,32H2,1-3H3. The monoisotopic (exact) mass is 564 g/mol. The highest BCUT2D eigenvalue weighted by atomic mass is 32.1. The molecule has 9 nitrogen and oxygen atoms in total. The molecule has 10 heteroatoms. The van der Waals surface area contributed by atoms with Crippen molar-refractivity contribution in [3.05, 3.63) is 110 Å². The molecular weight excluding hydrogens is 536 g/mol. The summed E-state index contributed by atoms with van der Waals surface area (Å²) < 4.78 is 8.56. The smallest absolute Gasteiger partial charge is 0.332 e. The molecule has 206 valence electrons. The topological polar surface area (TPSA) is 108 Å². The molecule has 0 saturated carbocycles. The molecule has 3 heterocycles. The van der Waals surface area contributed by atoms with E-state index in [0.29, 0.717) is 34.7 Å². The minimum absolute atomic E-state index is 0.115. The summed E-state index contributed by atoms with van der Waals surface area (Å²) in [4.78, 5) is 38.6. The molecule has 0 spiro atoms. The number of rotatable bonds is 7. The van der Waals surface area contributed by atoms with E-state index in [1.807, 2.05) is 54.4 Å². The first-order chi connectivity index (χ1) is 19.9. The average Bonchev–Trinajstić information content (AvgIpc) is 3.54. The average molecular weight is 565 g/mol. The number of aryl methyl sites for hydroxylation is 1. The number of benzene rings is 3. The number of nitrogens with zero attached hydrogens (tertiary/aromatic N) is 5. The maximum atomic E-state index is 13.6. The van der Waals surface area contributed by atoms with Crippen LogP contribution in [0.15, 0.2) is 88.0 Å². The Balaban J connectivity index is 1.59. The van der Waals surface area contributed by atoms with Gasteiger partial charge in [-0.15, -0.1) is 11.3 Å². The van der Waals surface area contributed by atoms with E-state index in [0.717, 1.165) is 31.5 Å². The molecule has 0 unspecified atom stereocenters. The first-order valence-corrected chi connectivity index (χ1v) is 13.9. The first kappa shape index (κ1) is 26.4. The van der Waals surface area contributed by atoms with Gasteiger partial charge in [0.15, 0.2) is 5.65 Å². The highest BCUT2D eigenvalue weighted by Crippen LogP contribution is 2.38. The molecular formula is C31H28N6O3S. The second kappa shape index (κ2) is 10.6. The van der Waals surface area contributed by atoms with Crippen LogP contribution in [0.4, 0.5) is 11.5 Å². The van der Waals surface area contributed by atoms with Crippen molar-refractivity contribution < 1.29 is 4.74 Å². The molecule has 6 rings (SSSR count). The van der Waals surface area contributed by atoms with Gasteiger partial charge in [-0.3, -0.25) is 18.9 Å². The number of aromatic nitrogens is 4. The zero-order valence-electron chi connectivity index (χ0n) is 22.9. The SMILES string of the molecule is CN(c1ccc2ccccc2c1)c1nc2c(c(-c3cccc(OCc4cncs4)c3)c1CN)c(=O)n(C)c(=O)n2C. The fourth-order valence-corrected chi connectivity index (χ4v) is 5.63. The van der Waals surface area contributed by atoms with Crippen molar-refractivity contribution in [3.63, 3.8) is 0 Å². The second-order valence-electron chi connectivity index (χ2n) is 9.77. The number of anilines is 2. The summed E-state index contributed by atoms with van der Waals surface area (Å²) >= 11 is 1.52. The van der Waals surface area contributed by atoms with Crippen LogP contribution in [-0.2, 0) is 27.2 Å². The summed E-state index contributed by atoms with van der Waals surface area (Å²) in [6.45, 7) is 0.491. The lowest BCUT2D eigenvalue weighted by Crippen LogP contribution is -2.38. The summed E-state index contributed by atoms with van der Waals surface area (Å²) in [6.07, 6.45) is 1.77. The first-order valence-electron chi connectivity index (χ1n) is 13.0. The Morgan fingerprint density at radius 3 is 2.54 bits per heavy atom. The van der Waals surface area contributed by atoms with E-state index in [9.17, 15) is 9.59 Å². The predicted molar refractivity (Wildman–Crippen MR) is 164 cm³/mol. The molecule has 0 amide bonds. The number of nitrogens with two attached hydrogens (primary N) is 1. The van der Waals surface area contributed by atoms with Gasteiger partial charge in [-0.1, -0.05) is 42.5 Å². The third-order valence-electron chi connectivity index (χ3n) is 7.30. The van der Waals surface area contributed by atoms with Gasteiger partial charge in [0, 0.05) is 50.7 Å². The van der Waals surface area contributed by atoms with Crippen LogP contribution in [-0.4, -0.2) is 26.1 Å². The Bertz CT molecular complexity index is 2030. The summed E-state index contributed by atoms with van der Waals surface area (Å²) in [6, 6.07) is 21.8. The van der Waals surface area contributed by atoms with E-state index in [1.54, 1.807) is 18.8 Å². The maximum Gasteiger partial charge on any atom is 0.332 e. The number of thiazole rings is 1. The lowest BCUT2D eigenvalue weighted by molar-refractivity contribution is 0.309. The van der Waals surface area contributed by atoms with Gasteiger partial charge in [0.1, 0.15) is 18.2 Å². The highest BCUT2D eigenvalue weighted by Gasteiger charge is 2.24. The lowest BCUT2D eigenvalue weighted by atomic mass is 9.96. The number of hydrogen-bond donors (Lipinski definition) is 1. The molecule has 2 N–H and O–H groups in total. The molecule has 0 saturated heterocycles.